The molecule has 1 aliphatic rings. The molecule has 0 aromatic heterocycles. The predicted octanol–water partition coefficient (Wildman–Crippen LogP) is -0.517. The van der Waals surface area contributed by atoms with Crippen molar-refractivity contribution >= 4 is 11.8 Å². The Bertz CT molecular complexity index is 467. The van der Waals surface area contributed by atoms with E-state index in [1.54, 1.807) is 29.2 Å². The standard InChI is InChI=1S/C14H19N3O3/c18-12-3-1-11(2-4-12)5-6-16-13(19)14(20)17-9-7-15-8-10-17/h1-4,15,18H,5-10H2,(H,16,19). The van der Waals surface area contributed by atoms with Gasteiger partial charge in [-0.2, -0.15) is 0 Å². The van der Waals surface area contributed by atoms with Crippen molar-refractivity contribution in [1.29, 1.82) is 0 Å². The van der Waals surface area contributed by atoms with Crippen molar-refractivity contribution in [2.75, 3.05) is 32.7 Å². The maximum atomic E-state index is 11.8. The van der Waals surface area contributed by atoms with Gasteiger partial charge in [-0.15, -0.1) is 0 Å². The van der Waals surface area contributed by atoms with Crippen LogP contribution in [0.2, 0.25) is 0 Å². The average molecular weight is 277 g/mol. The predicted molar refractivity (Wildman–Crippen MR) is 74.3 cm³/mol. The van der Waals surface area contributed by atoms with Gasteiger partial charge in [0.2, 0.25) is 0 Å². The molecular weight excluding hydrogens is 258 g/mol. The van der Waals surface area contributed by atoms with Crippen molar-refractivity contribution in [3.05, 3.63) is 29.8 Å². The number of piperazine rings is 1. The third-order valence-corrected chi connectivity index (χ3v) is 3.23. The summed E-state index contributed by atoms with van der Waals surface area (Å²) in [7, 11) is 0. The molecule has 0 aliphatic carbocycles. The van der Waals surface area contributed by atoms with Crippen molar-refractivity contribution in [2.24, 2.45) is 0 Å². The first kappa shape index (κ1) is 14.3. The van der Waals surface area contributed by atoms with Crippen molar-refractivity contribution in [3.8, 4) is 5.75 Å². The lowest BCUT2D eigenvalue weighted by atomic mass is 10.1. The molecule has 1 fully saturated rings. The Labute approximate surface area is 117 Å². The Kier molecular flexibility index (Phi) is 4.95. The molecule has 0 saturated carbocycles. The zero-order chi connectivity index (χ0) is 14.4. The summed E-state index contributed by atoms with van der Waals surface area (Å²) in [6.45, 7) is 3.01. The van der Waals surface area contributed by atoms with Gasteiger partial charge in [-0.1, -0.05) is 12.1 Å². The lowest BCUT2D eigenvalue weighted by Crippen LogP contribution is -2.51. The van der Waals surface area contributed by atoms with Gasteiger partial charge in [0.15, 0.2) is 0 Å². The van der Waals surface area contributed by atoms with Gasteiger partial charge in [0.1, 0.15) is 5.75 Å². The van der Waals surface area contributed by atoms with E-state index >= 15 is 0 Å². The SMILES string of the molecule is O=C(NCCc1ccc(O)cc1)C(=O)N1CCNCC1. The van der Waals surface area contributed by atoms with Crippen LogP contribution in [-0.4, -0.2) is 54.5 Å². The summed E-state index contributed by atoms with van der Waals surface area (Å²) in [4.78, 5) is 25.1. The van der Waals surface area contributed by atoms with E-state index in [0.29, 0.717) is 26.1 Å². The normalized spacial score (nSPS) is 14.9. The monoisotopic (exact) mass is 277 g/mol. The molecule has 20 heavy (non-hydrogen) atoms. The van der Waals surface area contributed by atoms with E-state index in [2.05, 4.69) is 10.6 Å². The van der Waals surface area contributed by atoms with Crippen LogP contribution < -0.4 is 10.6 Å². The Morgan fingerprint density at radius 3 is 2.50 bits per heavy atom. The Morgan fingerprint density at radius 2 is 1.85 bits per heavy atom. The molecule has 0 spiro atoms. The molecule has 0 atom stereocenters. The molecule has 1 aliphatic heterocycles. The number of amides is 2. The van der Waals surface area contributed by atoms with Gasteiger partial charge in [0.05, 0.1) is 0 Å². The number of phenolic OH excluding ortho intramolecular Hbond substituents is 1. The van der Waals surface area contributed by atoms with Crippen molar-refractivity contribution in [1.82, 2.24) is 15.5 Å². The van der Waals surface area contributed by atoms with Crippen LogP contribution in [0.25, 0.3) is 0 Å². The molecule has 2 rings (SSSR count). The van der Waals surface area contributed by atoms with Gasteiger partial charge in [-0.05, 0) is 24.1 Å². The number of nitrogens with zero attached hydrogens (tertiary/aromatic N) is 1. The second-order valence-corrected chi connectivity index (χ2v) is 4.71. The summed E-state index contributed by atoms with van der Waals surface area (Å²) in [5.41, 5.74) is 0.998. The number of nitrogens with one attached hydrogen (secondary N) is 2. The maximum Gasteiger partial charge on any atom is 0.311 e. The van der Waals surface area contributed by atoms with Crippen LogP contribution in [0.1, 0.15) is 5.56 Å². The summed E-state index contributed by atoms with van der Waals surface area (Å²) in [5, 5.41) is 14.9. The third kappa shape index (κ3) is 3.96. The highest BCUT2D eigenvalue weighted by Crippen LogP contribution is 2.09. The maximum absolute atomic E-state index is 11.8. The molecule has 108 valence electrons. The summed E-state index contributed by atoms with van der Waals surface area (Å²) < 4.78 is 0. The number of benzene rings is 1. The summed E-state index contributed by atoms with van der Waals surface area (Å²) in [5.74, 6) is -0.797. The smallest absolute Gasteiger partial charge is 0.311 e. The van der Waals surface area contributed by atoms with Crippen molar-refractivity contribution in [3.63, 3.8) is 0 Å². The van der Waals surface area contributed by atoms with Gasteiger partial charge in [-0.3, -0.25) is 9.59 Å². The number of rotatable bonds is 3. The van der Waals surface area contributed by atoms with Crippen molar-refractivity contribution in [2.45, 2.75) is 6.42 Å². The fourth-order valence-corrected chi connectivity index (χ4v) is 2.07. The van der Waals surface area contributed by atoms with E-state index in [1.807, 2.05) is 0 Å². The van der Waals surface area contributed by atoms with Crippen LogP contribution in [0, 0.1) is 0 Å². The molecule has 6 nitrogen and oxygen atoms in total. The summed E-state index contributed by atoms with van der Waals surface area (Å²) in [6, 6.07) is 6.78. The number of phenols is 1. The Balaban J connectivity index is 1.74. The molecule has 0 unspecified atom stereocenters. The zero-order valence-corrected chi connectivity index (χ0v) is 11.3. The fraction of sp³-hybridized carbons (Fsp3) is 0.429. The molecule has 1 heterocycles. The van der Waals surface area contributed by atoms with Crippen LogP contribution >= 0.6 is 0 Å². The molecule has 6 heteroatoms. The lowest BCUT2D eigenvalue weighted by Gasteiger charge is -2.26. The minimum Gasteiger partial charge on any atom is -0.508 e. The average Bonchev–Trinajstić information content (AvgIpc) is 2.49. The van der Waals surface area contributed by atoms with E-state index in [4.69, 9.17) is 5.11 Å². The minimum absolute atomic E-state index is 0.215. The minimum atomic E-state index is -0.550. The zero-order valence-electron chi connectivity index (χ0n) is 11.3. The van der Waals surface area contributed by atoms with E-state index in [9.17, 15) is 9.59 Å². The van der Waals surface area contributed by atoms with E-state index in [0.717, 1.165) is 18.7 Å². The number of carbonyl (C=O) groups is 2. The summed E-state index contributed by atoms with van der Waals surface area (Å²) in [6.07, 6.45) is 0.626. The molecule has 0 radical (unpaired) electrons. The van der Waals surface area contributed by atoms with Gasteiger partial charge < -0.3 is 20.6 Å². The number of carbonyl (C=O) groups excluding carboxylic acids is 2. The van der Waals surface area contributed by atoms with Crippen molar-refractivity contribution < 1.29 is 14.7 Å². The van der Waals surface area contributed by atoms with Gasteiger partial charge in [-0.25, -0.2) is 0 Å². The van der Waals surface area contributed by atoms with Gasteiger partial charge in [0, 0.05) is 32.7 Å². The first-order valence-electron chi connectivity index (χ1n) is 6.72. The second kappa shape index (κ2) is 6.91. The Morgan fingerprint density at radius 1 is 1.20 bits per heavy atom. The molecule has 1 saturated heterocycles. The molecule has 3 N–H and O–H groups in total. The fourth-order valence-electron chi connectivity index (χ4n) is 2.07. The van der Waals surface area contributed by atoms with Crippen LogP contribution in [0.15, 0.2) is 24.3 Å². The highest BCUT2D eigenvalue weighted by Gasteiger charge is 2.22. The third-order valence-electron chi connectivity index (χ3n) is 3.23. The summed E-state index contributed by atoms with van der Waals surface area (Å²) >= 11 is 0. The van der Waals surface area contributed by atoms with Gasteiger partial charge in [0.25, 0.3) is 0 Å². The quantitative estimate of drug-likeness (QED) is 0.650. The first-order valence-corrected chi connectivity index (χ1v) is 6.72. The highest BCUT2D eigenvalue weighted by molar-refractivity contribution is 6.35. The number of hydrogen-bond acceptors (Lipinski definition) is 4. The number of hydrogen-bond donors (Lipinski definition) is 3. The molecule has 1 aromatic rings. The van der Waals surface area contributed by atoms with Crippen LogP contribution in [-0.2, 0) is 16.0 Å². The van der Waals surface area contributed by atoms with E-state index < -0.39 is 11.8 Å². The van der Waals surface area contributed by atoms with E-state index in [1.165, 1.54) is 0 Å². The highest BCUT2D eigenvalue weighted by atomic mass is 16.3. The molecule has 2 amide bonds. The molecule has 1 aromatic carbocycles. The largest absolute Gasteiger partial charge is 0.508 e. The first-order chi connectivity index (χ1) is 9.66. The topological polar surface area (TPSA) is 81.7 Å². The Hall–Kier alpha value is -2.08. The second-order valence-electron chi connectivity index (χ2n) is 4.71. The van der Waals surface area contributed by atoms with Crippen LogP contribution in [0.5, 0.6) is 5.75 Å². The number of aromatic hydroxyl groups is 1. The van der Waals surface area contributed by atoms with E-state index in [-0.39, 0.29) is 5.75 Å². The van der Waals surface area contributed by atoms with Gasteiger partial charge >= 0.3 is 11.8 Å². The van der Waals surface area contributed by atoms with Crippen LogP contribution in [0.3, 0.4) is 0 Å². The molecule has 0 bridgehead atoms. The lowest BCUT2D eigenvalue weighted by molar-refractivity contribution is -0.146. The molecular formula is C14H19N3O3. The van der Waals surface area contributed by atoms with Crippen LogP contribution in [0.4, 0.5) is 0 Å².